The van der Waals surface area contributed by atoms with Crippen LogP contribution in [-0.4, -0.2) is 12.1 Å². The maximum Gasteiger partial charge on any atom is 0.0224 e. The first-order valence-corrected chi connectivity index (χ1v) is 5.50. The second kappa shape index (κ2) is 3.02. The molecule has 2 aliphatic rings. The average molecular weight is 167 g/mol. The lowest BCUT2D eigenvalue weighted by Crippen LogP contribution is -2.63. The molecule has 1 heterocycles. The van der Waals surface area contributed by atoms with E-state index < -0.39 is 0 Å². The van der Waals surface area contributed by atoms with Crippen LogP contribution in [0.1, 0.15) is 46.0 Å². The van der Waals surface area contributed by atoms with Gasteiger partial charge in [-0.2, -0.15) is 0 Å². The Hall–Kier alpha value is -0.0400. The normalized spacial score (nSPS) is 41.8. The summed E-state index contributed by atoms with van der Waals surface area (Å²) in [6.45, 7) is 6.04. The van der Waals surface area contributed by atoms with Crippen LogP contribution in [0.5, 0.6) is 0 Å². The van der Waals surface area contributed by atoms with Crippen LogP contribution in [0.2, 0.25) is 0 Å². The van der Waals surface area contributed by atoms with E-state index in [0.29, 0.717) is 5.54 Å². The molecule has 1 aliphatic heterocycles. The van der Waals surface area contributed by atoms with Crippen LogP contribution < -0.4 is 5.32 Å². The Morgan fingerprint density at radius 1 is 1.25 bits per heavy atom. The van der Waals surface area contributed by atoms with Crippen molar-refractivity contribution in [3.05, 3.63) is 0 Å². The maximum atomic E-state index is 3.69. The third kappa shape index (κ3) is 1.19. The fraction of sp³-hybridized carbons (Fsp3) is 1.00. The molecule has 1 saturated carbocycles. The van der Waals surface area contributed by atoms with Crippen LogP contribution in [0.3, 0.4) is 0 Å². The summed E-state index contributed by atoms with van der Waals surface area (Å²) in [4.78, 5) is 0. The minimum absolute atomic E-state index is 0.590. The van der Waals surface area contributed by atoms with Crippen molar-refractivity contribution in [3.63, 3.8) is 0 Å². The number of hydrogen-bond acceptors (Lipinski definition) is 1. The van der Waals surface area contributed by atoms with Crippen molar-refractivity contribution in [2.75, 3.05) is 6.54 Å². The lowest BCUT2D eigenvalue weighted by atomic mass is 9.63. The molecule has 0 amide bonds. The molecule has 1 N–H and O–H groups in total. The van der Waals surface area contributed by atoms with Crippen molar-refractivity contribution in [2.24, 2.45) is 11.8 Å². The van der Waals surface area contributed by atoms with Crippen molar-refractivity contribution < 1.29 is 0 Å². The second-order valence-electron chi connectivity index (χ2n) is 4.93. The molecular formula is C11H21N. The van der Waals surface area contributed by atoms with Crippen LogP contribution in [0.25, 0.3) is 0 Å². The summed E-state index contributed by atoms with van der Waals surface area (Å²) in [7, 11) is 0. The predicted molar refractivity (Wildman–Crippen MR) is 52.1 cm³/mol. The lowest BCUT2D eigenvalue weighted by Gasteiger charge is -2.53. The Kier molecular flexibility index (Phi) is 2.16. The van der Waals surface area contributed by atoms with Gasteiger partial charge in [0.1, 0.15) is 0 Å². The van der Waals surface area contributed by atoms with E-state index in [9.17, 15) is 0 Å². The van der Waals surface area contributed by atoms with Crippen molar-refractivity contribution in [2.45, 2.75) is 51.5 Å². The van der Waals surface area contributed by atoms with Crippen LogP contribution >= 0.6 is 0 Å². The summed E-state index contributed by atoms with van der Waals surface area (Å²) in [5.74, 6) is 1.83. The van der Waals surface area contributed by atoms with Gasteiger partial charge in [-0.05, 0) is 37.6 Å². The maximum absolute atomic E-state index is 3.69. The third-order valence-corrected chi connectivity index (χ3v) is 3.95. The average Bonchev–Trinajstić information content (AvgIpc) is 2.01. The second-order valence-corrected chi connectivity index (χ2v) is 4.93. The summed E-state index contributed by atoms with van der Waals surface area (Å²) in [6, 6.07) is 0. The Bertz CT molecular complexity index is 158. The molecule has 12 heavy (non-hydrogen) atoms. The fourth-order valence-electron chi connectivity index (χ4n) is 3.21. The van der Waals surface area contributed by atoms with Gasteiger partial charge in [0.05, 0.1) is 0 Å². The van der Waals surface area contributed by atoms with Gasteiger partial charge in [0.2, 0.25) is 0 Å². The van der Waals surface area contributed by atoms with E-state index in [1.54, 1.807) is 0 Å². The Labute approximate surface area is 75.9 Å². The monoisotopic (exact) mass is 167 g/mol. The molecule has 1 nitrogen and oxygen atoms in total. The highest BCUT2D eigenvalue weighted by molar-refractivity contribution is 5.04. The molecule has 1 saturated heterocycles. The zero-order chi connectivity index (χ0) is 8.60. The first-order valence-electron chi connectivity index (χ1n) is 5.50. The van der Waals surface area contributed by atoms with Crippen molar-refractivity contribution >= 4 is 0 Å². The van der Waals surface area contributed by atoms with E-state index >= 15 is 0 Å². The lowest BCUT2D eigenvalue weighted by molar-refractivity contribution is 0.0428. The van der Waals surface area contributed by atoms with E-state index in [4.69, 9.17) is 0 Å². The zero-order valence-corrected chi connectivity index (χ0v) is 8.40. The minimum Gasteiger partial charge on any atom is -0.311 e. The Morgan fingerprint density at radius 3 is 2.42 bits per heavy atom. The topological polar surface area (TPSA) is 12.0 Å². The summed E-state index contributed by atoms with van der Waals surface area (Å²) in [5.41, 5.74) is 0.590. The third-order valence-electron chi connectivity index (χ3n) is 3.95. The molecule has 1 spiro atoms. The van der Waals surface area contributed by atoms with Gasteiger partial charge < -0.3 is 5.32 Å². The van der Waals surface area contributed by atoms with Gasteiger partial charge in [0, 0.05) is 5.54 Å². The van der Waals surface area contributed by atoms with Gasteiger partial charge in [0.25, 0.3) is 0 Å². The first-order chi connectivity index (χ1) is 5.75. The molecular weight excluding hydrogens is 146 g/mol. The van der Waals surface area contributed by atoms with Crippen LogP contribution in [0, 0.1) is 11.8 Å². The molecule has 0 aromatic carbocycles. The number of hydrogen-bond donors (Lipinski definition) is 1. The SMILES string of the molecule is CC(C)C1CCCCC12CCN2. The molecule has 2 unspecified atom stereocenters. The van der Waals surface area contributed by atoms with E-state index in [1.807, 2.05) is 0 Å². The van der Waals surface area contributed by atoms with Gasteiger partial charge in [-0.3, -0.25) is 0 Å². The highest BCUT2D eigenvalue weighted by Gasteiger charge is 2.45. The standard InChI is InChI=1S/C11H21N/c1-9(2)10-5-3-4-6-11(10)7-8-12-11/h9-10,12H,3-8H2,1-2H3. The van der Waals surface area contributed by atoms with E-state index in [0.717, 1.165) is 11.8 Å². The smallest absolute Gasteiger partial charge is 0.0224 e. The summed E-state index contributed by atoms with van der Waals surface area (Å²) in [5, 5.41) is 3.69. The quantitative estimate of drug-likeness (QED) is 0.633. The van der Waals surface area contributed by atoms with Gasteiger partial charge in [-0.1, -0.05) is 26.7 Å². The molecule has 1 aliphatic carbocycles. The molecule has 2 fully saturated rings. The van der Waals surface area contributed by atoms with Gasteiger partial charge in [-0.15, -0.1) is 0 Å². The largest absolute Gasteiger partial charge is 0.311 e. The van der Waals surface area contributed by atoms with Crippen LogP contribution in [0.4, 0.5) is 0 Å². The van der Waals surface area contributed by atoms with Crippen molar-refractivity contribution in [1.29, 1.82) is 0 Å². The zero-order valence-electron chi connectivity index (χ0n) is 8.40. The Morgan fingerprint density at radius 2 is 2.00 bits per heavy atom. The summed E-state index contributed by atoms with van der Waals surface area (Å²) in [6.07, 6.45) is 7.26. The molecule has 2 atom stereocenters. The molecule has 0 bridgehead atoms. The predicted octanol–water partition coefficient (Wildman–Crippen LogP) is 2.56. The number of nitrogens with one attached hydrogen (secondary N) is 1. The fourth-order valence-corrected chi connectivity index (χ4v) is 3.21. The van der Waals surface area contributed by atoms with E-state index in [1.165, 1.54) is 38.6 Å². The van der Waals surface area contributed by atoms with E-state index in [-0.39, 0.29) is 0 Å². The highest BCUT2D eigenvalue weighted by atomic mass is 15.1. The highest BCUT2D eigenvalue weighted by Crippen LogP contribution is 2.43. The summed E-state index contributed by atoms with van der Waals surface area (Å²) < 4.78 is 0. The Balaban J connectivity index is 2.06. The molecule has 70 valence electrons. The minimum atomic E-state index is 0.590. The van der Waals surface area contributed by atoms with Gasteiger partial charge in [-0.25, -0.2) is 0 Å². The van der Waals surface area contributed by atoms with Crippen molar-refractivity contribution in [3.8, 4) is 0 Å². The number of rotatable bonds is 1. The van der Waals surface area contributed by atoms with Gasteiger partial charge >= 0.3 is 0 Å². The molecule has 0 aromatic rings. The van der Waals surface area contributed by atoms with Crippen LogP contribution in [-0.2, 0) is 0 Å². The molecule has 0 radical (unpaired) electrons. The van der Waals surface area contributed by atoms with Crippen molar-refractivity contribution in [1.82, 2.24) is 5.32 Å². The van der Waals surface area contributed by atoms with Gasteiger partial charge in [0.15, 0.2) is 0 Å². The molecule has 2 rings (SSSR count). The molecule has 1 heteroatoms. The first kappa shape index (κ1) is 8.55. The van der Waals surface area contributed by atoms with E-state index in [2.05, 4.69) is 19.2 Å². The van der Waals surface area contributed by atoms with Crippen LogP contribution in [0.15, 0.2) is 0 Å². The summed E-state index contributed by atoms with van der Waals surface area (Å²) >= 11 is 0. The molecule has 0 aromatic heterocycles.